The Hall–Kier alpha value is -4.01. The predicted octanol–water partition coefficient (Wildman–Crippen LogP) is 6.04. The highest BCUT2D eigenvalue weighted by atomic mass is 32.1. The van der Waals surface area contributed by atoms with E-state index in [9.17, 15) is 9.59 Å². The summed E-state index contributed by atoms with van der Waals surface area (Å²) in [6.07, 6.45) is 1.73. The molecule has 1 fully saturated rings. The fraction of sp³-hybridized carbons (Fsp3) is 0.281. The van der Waals surface area contributed by atoms with E-state index in [0.717, 1.165) is 78.5 Å². The topological polar surface area (TPSA) is 68.2 Å². The van der Waals surface area contributed by atoms with Crippen molar-refractivity contribution in [3.8, 4) is 0 Å². The van der Waals surface area contributed by atoms with E-state index in [1.54, 1.807) is 11.3 Å². The molecule has 0 spiro atoms. The zero-order chi connectivity index (χ0) is 27.2. The normalized spacial score (nSPS) is 16.9. The van der Waals surface area contributed by atoms with Crippen LogP contribution in [0.25, 0.3) is 10.8 Å². The Balaban J connectivity index is 0.964. The van der Waals surface area contributed by atoms with Gasteiger partial charge in [0.1, 0.15) is 10.8 Å². The summed E-state index contributed by atoms with van der Waals surface area (Å²) in [6.45, 7) is 7.31. The average molecular weight is 550 g/mol. The number of piperazine rings is 1. The molecule has 40 heavy (non-hydrogen) atoms. The van der Waals surface area contributed by atoms with Crippen LogP contribution in [0.15, 0.2) is 71.7 Å². The molecule has 4 heterocycles. The van der Waals surface area contributed by atoms with Gasteiger partial charge in [-0.2, -0.15) is 0 Å². The maximum absolute atomic E-state index is 13.2. The van der Waals surface area contributed by atoms with Gasteiger partial charge in [0.05, 0.1) is 16.9 Å². The Morgan fingerprint density at radius 2 is 1.52 bits per heavy atom. The molecule has 3 aromatic carbocycles. The molecule has 3 aliphatic heterocycles. The molecule has 2 amide bonds. The van der Waals surface area contributed by atoms with E-state index in [1.165, 1.54) is 15.3 Å². The number of aliphatic imine (C=N–C) groups is 1. The van der Waals surface area contributed by atoms with Gasteiger partial charge in [-0.05, 0) is 62.0 Å². The Morgan fingerprint density at radius 3 is 2.27 bits per heavy atom. The molecule has 7 nitrogen and oxygen atoms in total. The van der Waals surface area contributed by atoms with E-state index in [2.05, 4.69) is 40.2 Å². The number of amidine groups is 1. The smallest absolute Gasteiger partial charge is 0.261 e. The lowest BCUT2D eigenvalue weighted by molar-refractivity contribution is 0.0606. The number of fused-ring (bicyclic) bond motifs is 2. The molecule has 4 aromatic rings. The van der Waals surface area contributed by atoms with Crippen LogP contribution in [0.2, 0.25) is 0 Å². The Kier molecular flexibility index (Phi) is 6.37. The number of rotatable bonds is 5. The van der Waals surface area contributed by atoms with E-state index in [1.807, 2.05) is 48.5 Å². The summed E-state index contributed by atoms with van der Waals surface area (Å²) in [7, 11) is 0. The van der Waals surface area contributed by atoms with E-state index < -0.39 is 0 Å². The van der Waals surface area contributed by atoms with Crippen molar-refractivity contribution in [2.75, 3.05) is 44.6 Å². The van der Waals surface area contributed by atoms with E-state index in [-0.39, 0.29) is 11.8 Å². The van der Waals surface area contributed by atoms with Gasteiger partial charge in [0, 0.05) is 54.1 Å². The molecule has 0 saturated carbocycles. The maximum atomic E-state index is 13.2. The third kappa shape index (κ3) is 4.37. The minimum Gasteiger partial charge on any atom is -0.353 e. The monoisotopic (exact) mass is 549 g/mol. The van der Waals surface area contributed by atoms with Gasteiger partial charge in [0.15, 0.2) is 0 Å². The number of carbonyl (C=O) groups excluding carboxylic acids is 2. The number of amides is 2. The molecule has 3 aliphatic rings. The third-order valence-corrected chi connectivity index (χ3v) is 9.07. The van der Waals surface area contributed by atoms with Crippen LogP contribution >= 0.6 is 11.3 Å². The number of thiophene rings is 1. The first kappa shape index (κ1) is 25.0. The van der Waals surface area contributed by atoms with Gasteiger partial charge >= 0.3 is 0 Å². The quantitative estimate of drug-likeness (QED) is 0.243. The van der Waals surface area contributed by atoms with Gasteiger partial charge in [-0.25, -0.2) is 4.99 Å². The Labute approximate surface area is 237 Å². The summed E-state index contributed by atoms with van der Waals surface area (Å²) >= 11 is 1.77. The van der Waals surface area contributed by atoms with Crippen molar-refractivity contribution < 1.29 is 9.59 Å². The number of benzene rings is 3. The molecule has 202 valence electrons. The van der Waals surface area contributed by atoms with Crippen molar-refractivity contribution in [1.29, 1.82) is 0 Å². The number of anilines is 2. The first-order valence-corrected chi connectivity index (χ1v) is 14.8. The highest BCUT2D eigenvalue weighted by molar-refractivity contribution is 7.16. The zero-order valence-corrected chi connectivity index (χ0v) is 23.3. The molecule has 0 unspecified atom stereocenters. The summed E-state index contributed by atoms with van der Waals surface area (Å²) in [6, 6.07) is 21.8. The van der Waals surface area contributed by atoms with E-state index >= 15 is 0 Å². The Morgan fingerprint density at radius 1 is 0.825 bits per heavy atom. The second-order valence-electron chi connectivity index (χ2n) is 10.7. The molecule has 7 rings (SSSR count). The third-order valence-electron chi connectivity index (χ3n) is 8.11. The van der Waals surface area contributed by atoms with Gasteiger partial charge in [0.25, 0.3) is 11.8 Å². The van der Waals surface area contributed by atoms with Crippen molar-refractivity contribution in [2.24, 2.45) is 4.99 Å². The maximum Gasteiger partial charge on any atom is 0.261 e. The number of nitrogens with one attached hydrogen (secondary N) is 1. The number of unbranched alkanes of at least 4 members (excludes halogenated alkanes) is 1. The highest BCUT2D eigenvalue weighted by Crippen LogP contribution is 2.39. The zero-order valence-electron chi connectivity index (χ0n) is 22.5. The minimum atomic E-state index is -0.175. The minimum absolute atomic E-state index is 0.175. The molecule has 1 aromatic heterocycles. The van der Waals surface area contributed by atoms with Crippen LogP contribution in [-0.2, 0) is 0 Å². The van der Waals surface area contributed by atoms with Gasteiger partial charge in [-0.1, -0.05) is 36.4 Å². The largest absolute Gasteiger partial charge is 0.353 e. The number of imide groups is 1. The van der Waals surface area contributed by atoms with Crippen molar-refractivity contribution in [2.45, 2.75) is 19.8 Å². The first-order valence-electron chi connectivity index (χ1n) is 14.0. The number of hydrogen-bond acceptors (Lipinski definition) is 7. The summed E-state index contributed by atoms with van der Waals surface area (Å²) in [5.74, 6) is 0.700. The lowest BCUT2D eigenvalue weighted by Crippen LogP contribution is -2.49. The molecule has 8 heteroatoms. The SMILES string of the molecule is Cc1cc2c(s1)Nc1ccccc1N=C2N1CCN(CCCCN2C(=O)c3cccc4cccc(c34)C2=O)CC1. The standard InChI is InChI=1S/C32H31N5O2S/c1-21-20-25-29(33-26-12-2-3-13-27(26)34-30(25)40-21)36-18-16-35(17-19-36)14-4-5-15-37-31(38)23-10-6-8-22-9-7-11-24(28(22)23)32(37)39/h2-3,6-13,20,34H,4-5,14-19H2,1H3. The van der Waals surface area contributed by atoms with E-state index in [0.29, 0.717) is 17.7 Å². The number of hydrogen-bond donors (Lipinski definition) is 1. The Bertz CT molecular complexity index is 1620. The number of para-hydroxylation sites is 2. The van der Waals surface area contributed by atoms with Crippen LogP contribution in [0.4, 0.5) is 16.4 Å². The summed E-state index contributed by atoms with van der Waals surface area (Å²) in [5, 5.41) is 6.48. The van der Waals surface area contributed by atoms with Gasteiger partial charge < -0.3 is 10.2 Å². The second-order valence-corrected chi connectivity index (χ2v) is 11.9. The van der Waals surface area contributed by atoms with Crippen LogP contribution < -0.4 is 5.32 Å². The number of carbonyl (C=O) groups is 2. The van der Waals surface area contributed by atoms with Crippen molar-refractivity contribution in [3.63, 3.8) is 0 Å². The van der Waals surface area contributed by atoms with Crippen molar-refractivity contribution in [3.05, 3.63) is 88.3 Å². The van der Waals surface area contributed by atoms with Crippen LogP contribution in [0.5, 0.6) is 0 Å². The first-order chi connectivity index (χ1) is 19.6. The van der Waals surface area contributed by atoms with Crippen molar-refractivity contribution in [1.82, 2.24) is 14.7 Å². The molecular formula is C32H31N5O2S. The van der Waals surface area contributed by atoms with Crippen LogP contribution in [0, 0.1) is 6.92 Å². The van der Waals surface area contributed by atoms with Crippen LogP contribution in [0.1, 0.15) is 44.0 Å². The van der Waals surface area contributed by atoms with Crippen LogP contribution in [0.3, 0.4) is 0 Å². The lowest BCUT2D eigenvalue weighted by atomic mass is 9.94. The average Bonchev–Trinajstić information content (AvgIpc) is 3.27. The lowest BCUT2D eigenvalue weighted by Gasteiger charge is -2.36. The number of nitrogens with zero attached hydrogens (tertiary/aromatic N) is 4. The highest BCUT2D eigenvalue weighted by Gasteiger charge is 2.32. The van der Waals surface area contributed by atoms with Gasteiger partial charge in [-0.15, -0.1) is 11.3 Å². The second kappa shape index (κ2) is 10.2. The molecule has 0 radical (unpaired) electrons. The van der Waals surface area contributed by atoms with E-state index in [4.69, 9.17) is 4.99 Å². The molecule has 0 bridgehead atoms. The van der Waals surface area contributed by atoms with Crippen molar-refractivity contribution >= 4 is 56.1 Å². The fourth-order valence-electron chi connectivity index (χ4n) is 6.06. The summed E-state index contributed by atoms with van der Waals surface area (Å²) in [4.78, 5) is 39.0. The molecule has 0 atom stereocenters. The molecular weight excluding hydrogens is 518 g/mol. The summed E-state index contributed by atoms with van der Waals surface area (Å²) in [5.41, 5.74) is 4.46. The molecule has 1 saturated heterocycles. The summed E-state index contributed by atoms with van der Waals surface area (Å²) < 4.78 is 0. The van der Waals surface area contributed by atoms with Gasteiger partial charge in [-0.3, -0.25) is 19.4 Å². The molecule has 1 N–H and O–H groups in total. The van der Waals surface area contributed by atoms with Crippen LogP contribution in [-0.4, -0.2) is 71.6 Å². The van der Waals surface area contributed by atoms with Gasteiger partial charge in [0.2, 0.25) is 0 Å². The molecule has 0 aliphatic carbocycles. The fourth-order valence-corrected chi connectivity index (χ4v) is 6.98. The number of aryl methyl sites for hydroxylation is 1. The predicted molar refractivity (Wildman–Crippen MR) is 162 cm³/mol.